The van der Waals surface area contributed by atoms with E-state index in [4.69, 9.17) is 9.84 Å². The van der Waals surface area contributed by atoms with E-state index in [-0.39, 0.29) is 35.2 Å². The lowest BCUT2D eigenvalue weighted by Gasteiger charge is -2.30. The summed E-state index contributed by atoms with van der Waals surface area (Å²) in [6.45, 7) is 9.42. The molecule has 0 spiro atoms. The van der Waals surface area contributed by atoms with E-state index in [1.165, 1.54) is 0 Å². The number of hydrogen-bond acceptors (Lipinski definition) is 4. The summed E-state index contributed by atoms with van der Waals surface area (Å²) < 4.78 is 5.40. The molecule has 5 nitrogen and oxygen atoms in total. The van der Waals surface area contributed by atoms with Crippen molar-refractivity contribution in [3.63, 3.8) is 0 Å². The molecule has 0 unspecified atom stereocenters. The maximum atomic E-state index is 12.1. The largest absolute Gasteiger partial charge is 0.482 e. The number of nitrogens with zero attached hydrogens (tertiary/aromatic N) is 1. The predicted molar refractivity (Wildman–Crippen MR) is 78.6 cm³/mol. The first-order valence-electron chi connectivity index (χ1n) is 6.51. The second-order valence-corrected chi connectivity index (χ2v) is 6.39. The van der Waals surface area contributed by atoms with Gasteiger partial charge in [-0.2, -0.15) is 0 Å². The van der Waals surface area contributed by atoms with Gasteiger partial charge in [0.2, 0.25) is 0 Å². The van der Waals surface area contributed by atoms with Crippen LogP contribution in [-0.2, 0) is 4.79 Å². The molecule has 1 aromatic heterocycles. The highest BCUT2D eigenvalue weighted by molar-refractivity contribution is 7.14. The van der Waals surface area contributed by atoms with Crippen LogP contribution in [0.3, 0.4) is 0 Å². The van der Waals surface area contributed by atoms with E-state index in [0.29, 0.717) is 0 Å². The molecule has 0 atom stereocenters. The number of carboxylic acid groups (broad SMARTS) is 1. The molecule has 0 aliphatic heterocycles. The Bertz CT molecular complexity index is 485. The summed E-state index contributed by atoms with van der Waals surface area (Å²) in [4.78, 5) is 25.9. The summed E-state index contributed by atoms with van der Waals surface area (Å²) in [5.74, 6) is -0.911. The van der Waals surface area contributed by atoms with Gasteiger partial charge in [-0.1, -0.05) is 0 Å². The minimum absolute atomic E-state index is 0.0780. The quantitative estimate of drug-likeness (QED) is 0.877. The number of rotatable bonds is 6. The number of amides is 1. The minimum Gasteiger partial charge on any atom is -0.482 e. The fraction of sp³-hybridized carbons (Fsp3) is 0.571. The summed E-state index contributed by atoms with van der Waals surface area (Å²) in [6.07, 6.45) is 0. The minimum atomic E-state index is -1.03. The van der Waals surface area contributed by atoms with Crippen LogP contribution in [0.2, 0.25) is 0 Å². The third kappa shape index (κ3) is 3.96. The number of aromatic carboxylic acids is 1. The molecule has 1 heterocycles. The third-order valence-electron chi connectivity index (χ3n) is 2.77. The first-order chi connectivity index (χ1) is 9.23. The molecule has 0 aromatic carbocycles. The number of hydrogen-bond donors (Lipinski definition) is 1. The van der Waals surface area contributed by atoms with Gasteiger partial charge in [0, 0.05) is 17.0 Å². The Morgan fingerprint density at radius 2 is 1.85 bits per heavy atom. The number of carbonyl (C=O) groups excluding carboxylic acids is 1. The first kappa shape index (κ1) is 16.5. The van der Waals surface area contributed by atoms with E-state index in [1.807, 2.05) is 27.7 Å². The molecular formula is C14H21NO4S. The van der Waals surface area contributed by atoms with Crippen LogP contribution in [0.4, 0.5) is 0 Å². The lowest BCUT2D eigenvalue weighted by Crippen LogP contribution is -2.44. The average molecular weight is 299 g/mol. The smallest absolute Gasteiger partial charge is 0.349 e. The van der Waals surface area contributed by atoms with Crippen LogP contribution in [0.5, 0.6) is 5.75 Å². The normalized spacial score (nSPS) is 10.9. The van der Waals surface area contributed by atoms with Gasteiger partial charge < -0.3 is 14.7 Å². The number of carbonyl (C=O) groups is 2. The zero-order valence-corrected chi connectivity index (χ0v) is 13.3. The number of thiophene rings is 1. The van der Waals surface area contributed by atoms with Crippen LogP contribution in [0.25, 0.3) is 0 Å². The summed E-state index contributed by atoms with van der Waals surface area (Å²) in [5.41, 5.74) is 0. The molecule has 0 saturated heterocycles. The Labute approximate surface area is 123 Å². The van der Waals surface area contributed by atoms with Gasteiger partial charge in [-0.05, 0) is 40.7 Å². The predicted octanol–water partition coefficient (Wildman–Crippen LogP) is 2.78. The first-order valence-corrected chi connectivity index (χ1v) is 7.33. The molecule has 1 amide bonds. The van der Waals surface area contributed by atoms with Gasteiger partial charge >= 0.3 is 5.97 Å². The third-order valence-corrected chi connectivity index (χ3v) is 3.79. The van der Waals surface area contributed by atoms with Crippen molar-refractivity contribution < 1.29 is 19.4 Å². The average Bonchev–Trinajstić information content (AvgIpc) is 2.67. The van der Waals surface area contributed by atoms with Crippen LogP contribution in [0.1, 0.15) is 42.2 Å². The van der Waals surface area contributed by atoms with Crippen molar-refractivity contribution in [1.82, 2.24) is 4.90 Å². The van der Waals surface area contributed by atoms with Crippen LogP contribution in [0, 0.1) is 6.92 Å². The van der Waals surface area contributed by atoms with Gasteiger partial charge in [-0.25, -0.2) is 4.79 Å². The zero-order valence-electron chi connectivity index (χ0n) is 12.5. The van der Waals surface area contributed by atoms with E-state index in [2.05, 4.69) is 0 Å². The molecule has 0 saturated carbocycles. The van der Waals surface area contributed by atoms with Gasteiger partial charge in [0.05, 0.1) is 0 Å². The number of ether oxygens (including phenoxy) is 1. The van der Waals surface area contributed by atoms with Crippen LogP contribution in [0.15, 0.2) is 6.07 Å². The SMILES string of the molecule is Cc1cc(OCC(=O)N(C(C)C)C(C)C)c(C(=O)O)s1. The summed E-state index contributed by atoms with van der Waals surface area (Å²) in [6, 6.07) is 1.81. The summed E-state index contributed by atoms with van der Waals surface area (Å²) in [5, 5.41) is 9.06. The molecule has 0 aliphatic carbocycles. The second-order valence-electron chi connectivity index (χ2n) is 5.13. The van der Waals surface area contributed by atoms with Gasteiger partial charge in [-0.15, -0.1) is 11.3 Å². The molecule has 112 valence electrons. The standard InChI is InChI=1S/C14H21NO4S/c1-8(2)15(9(3)4)12(16)7-19-11-6-10(5)20-13(11)14(17)18/h6,8-9H,7H2,1-5H3,(H,17,18). The van der Waals surface area contributed by atoms with Crippen molar-refractivity contribution >= 4 is 23.2 Å². The molecule has 1 N–H and O–H groups in total. The van der Waals surface area contributed by atoms with Crippen molar-refractivity contribution in [3.05, 3.63) is 15.8 Å². The maximum Gasteiger partial charge on any atom is 0.349 e. The summed E-state index contributed by atoms with van der Waals surface area (Å²) >= 11 is 1.15. The van der Waals surface area contributed by atoms with Gasteiger partial charge in [0.25, 0.3) is 5.91 Å². The lowest BCUT2D eigenvalue weighted by molar-refractivity contribution is -0.137. The van der Waals surface area contributed by atoms with E-state index in [9.17, 15) is 9.59 Å². The van der Waals surface area contributed by atoms with Crippen molar-refractivity contribution in [2.45, 2.75) is 46.7 Å². The Morgan fingerprint density at radius 1 is 1.30 bits per heavy atom. The second kappa shape index (κ2) is 6.74. The Hall–Kier alpha value is -1.56. The molecule has 0 bridgehead atoms. The highest BCUT2D eigenvalue weighted by Crippen LogP contribution is 2.28. The van der Waals surface area contributed by atoms with Crippen molar-refractivity contribution in [2.75, 3.05) is 6.61 Å². The molecule has 0 radical (unpaired) electrons. The van der Waals surface area contributed by atoms with Crippen LogP contribution >= 0.6 is 11.3 Å². The molecule has 1 rings (SSSR count). The number of aryl methyl sites for hydroxylation is 1. The van der Waals surface area contributed by atoms with E-state index < -0.39 is 5.97 Å². The number of carboxylic acids is 1. The highest BCUT2D eigenvalue weighted by atomic mass is 32.1. The molecule has 1 aromatic rings. The van der Waals surface area contributed by atoms with E-state index in [1.54, 1.807) is 17.9 Å². The topological polar surface area (TPSA) is 66.8 Å². The van der Waals surface area contributed by atoms with E-state index in [0.717, 1.165) is 16.2 Å². The van der Waals surface area contributed by atoms with Gasteiger partial charge in [0.15, 0.2) is 11.5 Å². The molecule has 0 aliphatic rings. The molecular weight excluding hydrogens is 278 g/mol. The fourth-order valence-electron chi connectivity index (χ4n) is 2.13. The van der Waals surface area contributed by atoms with Gasteiger partial charge in [0.1, 0.15) is 5.75 Å². The Kier molecular flexibility index (Phi) is 5.56. The van der Waals surface area contributed by atoms with Crippen LogP contribution in [-0.4, -0.2) is 40.6 Å². The zero-order chi connectivity index (χ0) is 15.4. The van der Waals surface area contributed by atoms with Crippen molar-refractivity contribution in [3.8, 4) is 5.75 Å². The molecule has 20 heavy (non-hydrogen) atoms. The summed E-state index contributed by atoms with van der Waals surface area (Å²) in [7, 11) is 0. The fourth-order valence-corrected chi connectivity index (χ4v) is 2.93. The monoisotopic (exact) mass is 299 g/mol. The molecule has 6 heteroatoms. The Balaban J connectivity index is 2.76. The van der Waals surface area contributed by atoms with E-state index >= 15 is 0 Å². The van der Waals surface area contributed by atoms with Crippen LogP contribution < -0.4 is 4.74 Å². The molecule has 0 fully saturated rings. The highest BCUT2D eigenvalue weighted by Gasteiger charge is 2.22. The Morgan fingerprint density at radius 3 is 2.30 bits per heavy atom. The van der Waals surface area contributed by atoms with Crippen molar-refractivity contribution in [2.24, 2.45) is 0 Å². The lowest BCUT2D eigenvalue weighted by atomic mass is 10.2. The maximum absolute atomic E-state index is 12.1. The van der Waals surface area contributed by atoms with Crippen molar-refractivity contribution in [1.29, 1.82) is 0 Å². The van der Waals surface area contributed by atoms with Gasteiger partial charge in [-0.3, -0.25) is 4.79 Å².